The van der Waals surface area contributed by atoms with Crippen LogP contribution in [0.15, 0.2) is 36.4 Å². The highest BCUT2D eigenvalue weighted by Crippen LogP contribution is 2.25. The van der Waals surface area contributed by atoms with Gasteiger partial charge in [-0.25, -0.2) is 4.79 Å². The quantitative estimate of drug-likeness (QED) is 0.777. The zero-order valence-electron chi connectivity index (χ0n) is 11.6. The normalized spacial score (nSPS) is 18.4. The largest absolute Gasteiger partial charge is 0.453 e. The van der Waals surface area contributed by atoms with E-state index in [1.165, 1.54) is 18.2 Å². The molecule has 0 aromatic heterocycles. The van der Waals surface area contributed by atoms with Gasteiger partial charge in [-0.15, -0.1) is 0 Å². The molecule has 1 heterocycles. The van der Waals surface area contributed by atoms with Crippen molar-refractivity contribution in [3.8, 4) is 0 Å². The summed E-state index contributed by atoms with van der Waals surface area (Å²) in [5.74, 6) is 0. The van der Waals surface area contributed by atoms with Gasteiger partial charge in [0.05, 0.1) is 7.11 Å². The highest BCUT2D eigenvalue weighted by molar-refractivity contribution is 5.68. The van der Waals surface area contributed by atoms with Gasteiger partial charge in [0.25, 0.3) is 0 Å². The van der Waals surface area contributed by atoms with Crippen LogP contribution < -0.4 is 0 Å². The number of benzene rings is 1. The lowest BCUT2D eigenvalue weighted by molar-refractivity contribution is 0.0967. The Morgan fingerprint density at radius 2 is 2.11 bits per heavy atom. The van der Waals surface area contributed by atoms with E-state index in [2.05, 4.69) is 37.3 Å². The molecule has 1 aliphatic heterocycles. The molecule has 1 aromatic carbocycles. The number of carbonyl (C=O) groups is 1. The fourth-order valence-corrected chi connectivity index (χ4v) is 2.55. The average Bonchev–Trinajstić information content (AvgIpc) is 2.46. The summed E-state index contributed by atoms with van der Waals surface area (Å²) < 4.78 is 4.90. The highest BCUT2D eigenvalue weighted by Gasteiger charge is 2.29. The summed E-state index contributed by atoms with van der Waals surface area (Å²) in [7, 11) is 1.45. The Hall–Kier alpha value is -1.77. The predicted molar refractivity (Wildman–Crippen MR) is 75.9 cm³/mol. The van der Waals surface area contributed by atoms with E-state index >= 15 is 0 Å². The number of amides is 1. The minimum absolute atomic E-state index is 0.199. The summed E-state index contributed by atoms with van der Waals surface area (Å²) in [6, 6.07) is 8.52. The SMILES string of the molecule is CC/C=C/C[C@H]1Cc2ccccc2CN1C(=O)OC. The molecule has 0 unspecified atom stereocenters. The number of carbonyl (C=O) groups excluding carboxylic acids is 1. The van der Waals surface area contributed by atoms with Crippen molar-refractivity contribution in [3.05, 3.63) is 47.5 Å². The summed E-state index contributed by atoms with van der Waals surface area (Å²) >= 11 is 0. The van der Waals surface area contributed by atoms with Gasteiger partial charge in [-0.1, -0.05) is 43.3 Å². The molecule has 0 saturated carbocycles. The summed E-state index contributed by atoms with van der Waals surface area (Å²) in [6.45, 7) is 2.76. The van der Waals surface area contributed by atoms with E-state index in [1.54, 1.807) is 0 Å². The lowest BCUT2D eigenvalue weighted by Gasteiger charge is -2.35. The third-order valence-corrected chi connectivity index (χ3v) is 3.58. The van der Waals surface area contributed by atoms with E-state index in [4.69, 9.17) is 4.74 Å². The van der Waals surface area contributed by atoms with Crippen LogP contribution in [0, 0.1) is 0 Å². The first-order valence-corrected chi connectivity index (χ1v) is 6.82. The van der Waals surface area contributed by atoms with Crippen LogP contribution >= 0.6 is 0 Å². The number of allylic oxidation sites excluding steroid dienone is 1. The van der Waals surface area contributed by atoms with Gasteiger partial charge in [0.2, 0.25) is 0 Å². The maximum absolute atomic E-state index is 11.9. The van der Waals surface area contributed by atoms with Crippen LogP contribution in [-0.4, -0.2) is 24.1 Å². The summed E-state index contributed by atoms with van der Waals surface area (Å²) in [4.78, 5) is 13.7. The van der Waals surface area contributed by atoms with Crippen molar-refractivity contribution in [3.63, 3.8) is 0 Å². The number of hydrogen-bond donors (Lipinski definition) is 0. The molecule has 0 spiro atoms. The topological polar surface area (TPSA) is 29.5 Å². The number of ether oxygens (including phenoxy) is 1. The second-order valence-electron chi connectivity index (χ2n) is 4.84. The Bertz CT molecular complexity index is 468. The summed E-state index contributed by atoms with van der Waals surface area (Å²) in [5.41, 5.74) is 2.57. The van der Waals surface area contributed by atoms with E-state index in [1.807, 2.05) is 11.0 Å². The number of methoxy groups -OCH3 is 1. The molecular weight excluding hydrogens is 238 g/mol. The third-order valence-electron chi connectivity index (χ3n) is 3.58. The fraction of sp³-hybridized carbons (Fsp3) is 0.438. The first kappa shape index (κ1) is 13.7. The van der Waals surface area contributed by atoms with Crippen LogP contribution in [0.3, 0.4) is 0 Å². The molecule has 1 amide bonds. The molecular formula is C16H21NO2. The van der Waals surface area contributed by atoms with Gasteiger partial charge in [0.1, 0.15) is 0 Å². The van der Waals surface area contributed by atoms with Gasteiger partial charge in [0, 0.05) is 12.6 Å². The molecule has 0 aliphatic carbocycles. The van der Waals surface area contributed by atoms with Crippen LogP contribution in [0.4, 0.5) is 4.79 Å². The van der Waals surface area contributed by atoms with Crippen molar-refractivity contribution < 1.29 is 9.53 Å². The van der Waals surface area contributed by atoms with Gasteiger partial charge in [-0.05, 0) is 30.4 Å². The fourth-order valence-electron chi connectivity index (χ4n) is 2.55. The van der Waals surface area contributed by atoms with Crippen molar-refractivity contribution in [2.75, 3.05) is 7.11 Å². The van der Waals surface area contributed by atoms with Gasteiger partial charge < -0.3 is 9.64 Å². The standard InChI is InChI=1S/C16H21NO2/c1-3-4-5-10-15-11-13-8-6-7-9-14(13)12-17(15)16(18)19-2/h4-9,15H,3,10-12H2,1-2H3/b5-4+/t15-/m0/s1. The molecule has 1 aliphatic rings. The Labute approximate surface area is 114 Å². The Balaban J connectivity index is 2.19. The zero-order chi connectivity index (χ0) is 13.7. The lowest BCUT2D eigenvalue weighted by Crippen LogP contribution is -2.44. The number of hydrogen-bond acceptors (Lipinski definition) is 2. The smallest absolute Gasteiger partial charge is 0.410 e. The number of rotatable bonds is 3. The van der Waals surface area contributed by atoms with Gasteiger partial charge in [-0.2, -0.15) is 0 Å². The molecule has 0 radical (unpaired) electrons. The molecule has 3 nitrogen and oxygen atoms in total. The van der Waals surface area contributed by atoms with Gasteiger partial charge in [-0.3, -0.25) is 0 Å². The van der Waals surface area contributed by atoms with Crippen LogP contribution in [0.5, 0.6) is 0 Å². The molecule has 2 rings (SSSR count). The molecule has 1 aromatic rings. The molecule has 102 valence electrons. The molecule has 0 bridgehead atoms. The molecule has 0 N–H and O–H groups in total. The second kappa shape index (κ2) is 6.41. The van der Waals surface area contributed by atoms with Crippen LogP contribution in [0.2, 0.25) is 0 Å². The molecule has 0 fully saturated rings. The van der Waals surface area contributed by atoms with E-state index in [0.29, 0.717) is 6.54 Å². The summed E-state index contributed by atoms with van der Waals surface area (Å²) in [6.07, 6.45) is 6.90. The average molecular weight is 259 g/mol. The lowest BCUT2D eigenvalue weighted by atomic mass is 9.92. The van der Waals surface area contributed by atoms with Crippen LogP contribution in [0.1, 0.15) is 30.9 Å². The van der Waals surface area contributed by atoms with Crippen LogP contribution in [0.25, 0.3) is 0 Å². The molecule has 0 saturated heterocycles. The molecule has 19 heavy (non-hydrogen) atoms. The van der Waals surface area contributed by atoms with Gasteiger partial charge >= 0.3 is 6.09 Å². The minimum atomic E-state index is -0.232. The van der Waals surface area contributed by atoms with Crippen molar-refractivity contribution in [2.24, 2.45) is 0 Å². The first-order chi connectivity index (χ1) is 9.26. The Morgan fingerprint density at radius 1 is 1.37 bits per heavy atom. The minimum Gasteiger partial charge on any atom is -0.453 e. The van der Waals surface area contributed by atoms with Crippen molar-refractivity contribution in [1.29, 1.82) is 0 Å². The number of fused-ring (bicyclic) bond motifs is 1. The maximum Gasteiger partial charge on any atom is 0.410 e. The second-order valence-corrected chi connectivity index (χ2v) is 4.84. The summed E-state index contributed by atoms with van der Waals surface area (Å²) in [5, 5.41) is 0. The molecule has 1 atom stereocenters. The number of nitrogens with zero attached hydrogens (tertiary/aromatic N) is 1. The van der Waals surface area contributed by atoms with E-state index in [0.717, 1.165) is 19.3 Å². The van der Waals surface area contributed by atoms with Gasteiger partial charge in [0.15, 0.2) is 0 Å². The maximum atomic E-state index is 11.9. The van der Waals surface area contributed by atoms with E-state index in [9.17, 15) is 4.79 Å². The highest BCUT2D eigenvalue weighted by atomic mass is 16.5. The Morgan fingerprint density at radius 3 is 2.79 bits per heavy atom. The van der Waals surface area contributed by atoms with E-state index in [-0.39, 0.29) is 12.1 Å². The zero-order valence-corrected chi connectivity index (χ0v) is 11.6. The van der Waals surface area contributed by atoms with Crippen molar-refractivity contribution in [2.45, 2.75) is 38.8 Å². The Kier molecular flexibility index (Phi) is 4.61. The monoisotopic (exact) mass is 259 g/mol. The van der Waals surface area contributed by atoms with Crippen molar-refractivity contribution >= 4 is 6.09 Å². The third kappa shape index (κ3) is 3.16. The van der Waals surface area contributed by atoms with Crippen LogP contribution in [-0.2, 0) is 17.7 Å². The molecule has 3 heteroatoms. The predicted octanol–water partition coefficient (Wildman–Crippen LogP) is 3.54. The van der Waals surface area contributed by atoms with E-state index < -0.39 is 0 Å². The first-order valence-electron chi connectivity index (χ1n) is 6.82. The van der Waals surface area contributed by atoms with Crippen molar-refractivity contribution in [1.82, 2.24) is 4.90 Å².